The van der Waals surface area contributed by atoms with Crippen LogP contribution in [-0.2, 0) is 14.8 Å². The molecular weight excluding hydrogens is 366 g/mol. The Morgan fingerprint density at radius 3 is 2.63 bits per heavy atom. The maximum atomic E-state index is 12.9. The lowest BCUT2D eigenvalue weighted by molar-refractivity contribution is -0.127. The Labute approximate surface area is 162 Å². The fourth-order valence-electron chi connectivity index (χ4n) is 5.77. The van der Waals surface area contributed by atoms with E-state index in [2.05, 4.69) is 5.32 Å². The van der Waals surface area contributed by atoms with Gasteiger partial charge in [-0.3, -0.25) is 0 Å². The second-order valence-electron chi connectivity index (χ2n) is 8.64. The van der Waals surface area contributed by atoms with E-state index in [1.807, 2.05) is 11.8 Å². The molecule has 2 aliphatic heterocycles. The van der Waals surface area contributed by atoms with E-state index in [0.717, 1.165) is 38.7 Å². The number of hydrogen-bond donors (Lipinski definition) is 1. The molecule has 1 spiro atoms. The van der Waals surface area contributed by atoms with Crippen molar-refractivity contribution >= 4 is 16.1 Å². The largest absolute Gasteiger partial charge is 0.378 e. The third kappa shape index (κ3) is 3.49. The van der Waals surface area contributed by atoms with Crippen LogP contribution in [0.4, 0.5) is 4.79 Å². The van der Waals surface area contributed by atoms with Crippen LogP contribution in [0.1, 0.15) is 58.3 Å². The van der Waals surface area contributed by atoms with Crippen molar-refractivity contribution in [2.24, 2.45) is 5.41 Å². The number of rotatable bonds is 4. The highest BCUT2D eigenvalue weighted by molar-refractivity contribution is 7.89. The van der Waals surface area contributed by atoms with Crippen molar-refractivity contribution in [3.05, 3.63) is 0 Å². The molecule has 2 aliphatic carbocycles. The molecule has 154 valence electrons. The zero-order valence-electron chi connectivity index (χ0n) is 16.4. The summed E-state index contributed by atoms with van der Waals surface area (Å²) in [6.45, 7) is 4.59. The minimum Gasteiger partial charge on any atom is -0.378 e. The first-order chi connectivity index (χ1) is 13.0. The predicted molar refractivity (Wildman–Crippen MR) is 103 cm³/mol. The highest BCUT2D eigenvalue weighted by Gasteiger charge is 2.57. The fourth-order valence-corrected chi connectivity index (χ4v) is 7.53. The quantitative estimate of drug-likeness (QED) is 0.783. The van der Waals surface area contributed by atoms with Gasteiger partial charge < -0.3 is 15.0 Å². The van der Waals surface area contributed by atoms with Crippen LogP contribution >= 0.6 is 0 Å². The molecule has 4 aliphatic rings. The van der Waals surface area contributed by atoms with Crippen molar-refractivity contribution in [3.8, 4) is 0 Å². The SMILES string of the molecule is CCOC1CC(NC(=O)N2CCCC(N3CCCS3(=O)=O)C2)C12CCCC2. The first-order valence-corrected chi connectivity index (χ1v) is 12.2. The molecule has 1 N–H and O–H groups in total. The molecule has 27 heavy (non-hydrogen) atoms. The monoisotopic (exact) mass is 399 g/mol. The highest BCUT2D eigenvalue weighted by atomic mass is 32.2. The minimum absolute atomic E-state index is 0.0254. The second kappa shape index (κ2) is 7.52. The van der Waals surface area contributed by atoms with E-state index in [1.54, 1.807) is 4.31 Å². The number of ether oxygens (including phenoxy) is 1. The van der Waals surface area contributed by atoms with Gasteiger partial charge in [-0.2, -0.15) is 4.31 Å². The van der Waals surface area contributed by atoms with Crippen LogP contribution in [0.2, 0.25) is 0 Å². The summed E-state index contributed by atoms with van der Waals surface area (Å²) in [6.07, 6.45) is 8.30. The zero-order chi connectivity index (χ0) is 19.1. The summed E-state index contributed by atoms with van der Waals surface area (Å²) < 4.78 is 32.0. The van der Waals surface area contributed by atoms with Crippen LogP contribution < -0.4 is 5.32 Å². The molecule has 2 saturated heterocycles. The highest BCUT2D eigenvalue weighted by Crippen LogP contribution is 2.54. The number of urea groups is 1. The van der Waals surface area contributed by atoms with Crippen LogP contribution in [0, 0.1) is 5.41 Å². The fraction of sp³-hybridized carbons (Fsp3) is 0.947. The molecule has 4 rings (SSSR count). The summed E-state index contributed by atoms with van der Waals surface area (Å²) in [4.78, 5) is 14.8. The Balaban J connectivity index is 1.37. The molecule has 2 heterocycles. The summed E-state index contributed by atoms with van der Waals surface area (Å²) >= 11 is 0. The number of carbonyl (C=O) groups excluding carboxylic acids is 1. The van der Waals surface area contributed by atoms with Gasteiger partial charge in [0.25, 0.3) is 0 Å². The van der Waals surface area contributed by atoms with Gasteiger partial charge in [0.1, 0.15) is 0 Å². The topological polar surface area (TPSA) is 79.0 Å². The lowest BCUT2D eigenvalue weighted by Gasteiger charge is -2.54. The first kappa shape index (κ1) is 19.5. The van der Waals surface area contributed by atoms with E-state index in [-0.39, 0.29) is 35.4 Å². The molecule has 4 fully saturated rings. The Morgan fingerprint density at radius 2 is 1.96 bits per heavy atom. The van der Waals surface area contributed by atoms with Crippen LogP contribution in [-0.4, -0.2) is 73.8 Å². The van der Waals surface area contributed by atoms with E-state index in [0.29, 0.717) is 26.1 Å². The Hall–Kier alpha value is -0.860. The Bertz CT molecular complexity index is 662. The van der Waals surface area contributed by atoms with Crippen molar-refractivity contribution in [2.75, 3.05) is 32.0 Å². The predicted octanol–water partition coefficient (Wildman–Crippen LogP) is 1.93. The Kier molecular flexibility index (Phi) is 5.42. The number of amides is 2. The number of sulfonamides is 1. The number of hydrogen-bond acceptors (Lipinski definition) is 4. The third-order valence-electron chi connectivity index (χ3n) is 7.21. The van der Waals surface area contributed by atoms with Crippen LogP contribution in [0.3, 0.4) is 0 Å². The lowest BCUT2D eigenvalue weighted by Crippen LogP contribution is -2.65. The molecule has 7 nitrogen and oxygen atoms in total. The maximum Gasteiger partial charge on any atom is 0.317 e. The molecule has 3 unspecified atom stereocenters. The zero-order valence-corrected chi connectivity index (χ0v) is 17.2. The minimum atomic E-state index is -3.13. The van der Waals surface area contributed by atoms with Crippen LogP contribution in [0.5, 0.6) is 0 Å². The number of piperidine rings is 1. The molecule has 0 aromatic carbocycles. The lowest BCUT2D eigenvalue weighted by atomic mass is 9.60. The normalized spacial score (nSPS) is 35.3. The molecule has 0 aromatic rings. The summed E-state index contributed by atoms with van der Waals surface area (Å²) in [5, 5.41) is 3.28. The molecule has 0 bridgehead atoms. The average molecular weight is 400 g/mol. The molecule has 2 amide bonds. The van der Waals surface area contributed by atoms with Crippen molar-refractivity contribution in [2.45, 2.75) is 76.5 Å². The van der Waals surface area contributed by atoms with Gasteiger partial charge in [0.15, 0.2) is 0 Å². The molecule has 0 radical (unpaired) electrons. The van der Waals surface area contributed by atoms with E-state index in [1.165, 1.54) is 12.8 Å². The van der Waals surface area contributed by atoms with Crippen LogP contribution in [0.15, 0.2) is 0 Å². The number of nitrogens with zero attached hydrogens (tertiary/aromatic N) is 2. The summed E-state index contributed by atoms with van der Waals surface area (Å²) in [7, 11) is -3.13. The van der Waals surface area contributed by atoms with Crippen LogP contribution in [0.25, 0.3) is 0 Å². The van der Waals surface area contributed by atoms with Gasteiger partial charge in [0.2, 0.25) is 10.0 Å². The number of nitrogens with one attached hydrogen (secondary N) is 1. The summed E-state index contributed by atoms with van der Waals surface area (Å²) in [5.41, 5.74) is 0.124. The van der Waals surface area contributed by atoms with Gasteiger partial charge in [0, 0.05) is 43.7 Å². The third-order valence-corrected chi connectivity index (χ3v) is 9.21. The van der Waals surface area contributed by atoms with Gasteiger partial charge in [-0.25, -0.2) is 13.2 Å². The van der Waals surface area contributed by atoms with Crippen molar-refractivity contribution < 1.29 is 17.9 Å². The molecule has 0 aromatic heterocycles. The first-order valence-electron chi connectivity index (χ1n) is 10.6. The summed E-state index contributed by atoms with van der Waals surface area (Å²) in [5.74, 6) is 0.249. The smallest absolute Gasteiger partial charge is 0.317 e. The van der Waals surface area contributed by atoms with Gasteiger partial charge in [-0.15, -0.1) is 0 Å². The number of carbonyl (C=O) groups is 1. The van der Waals surface area contributed by atoms with E-state index in [9.17, 15) is 13.2 Å². The van der Waals surface area contributed by atoms with Gasteiger partial charge >= 0.3 is 6.03 Å². The van der Waals surface area contributed by atoms with Gasteiger partial charge in [0.05, 0.1) is 11.9 Å². The average Bonchev–Trinajstić information content (AvgIpc) is 3.29. The van der Waals surface area contributed by atoms with Crippen molar-refractivity contribution in [1.82, 2.24) is 14.5 Å². The molecule has 8 heteroatoms. The molecule has 2 saturated carbocycles. The Morgan fingerprint density at radius 1 is 1.19 bits per heavy atom. The number of likely N-dealkylation sites (tertiary alicyclic amines) is 1. The van der Waals surface area contributed by atoms with Gasteiger partial charge in [-0.1, -0.05) is 12.8 Å². The van der Waals surface area contributed by atoms with E-state index < -0.39 is 10.0 Å². The van der Waals surface area contributed by atoms with Crippen molar-refractivity contribution in [3.63, 3.8) is 0 Å². The van der Waals surface area contributed by atoms with Gasteiger partial charge in [-0.05, 0) is 45.4 Å². The standard InChI is InChI=1S/C19H33N3O4S/c1-2-26-17-13-16(19(17)8-3-4-9-19)20-18(23)21-10-5-7-15(14-21)22-11-6-12-27(22,24)25/h15-17H,2-14H2,1H3,(H,20,23). The summed E-state index contributed by atoms with van der Waals surface area (Å²) in [6, 6.07) is 0.109. The molecular formula is C19H33N3O4S. The van der Waals surface area contributed by atoms with Crippen molar-refractivity contribution in [1.29, 1.82) is 0 Å². The molecule has 3 atom stereocenters. The second-order valence-corrected chi connectivity index (χ2v) is 10.7. The maximum absolute atomic E-state index is 12.9. The van der Waals surface area contributed by atoms with E-state index >= 15 is 0 Å². The van der Waals surface area contributed by atoms with E-state index in [4.69, 9.17) is 4.74 Å².